The van der Waals surface area contributed by atoms with Gasteiger partial charge in [-0.3, -0.25) is 0 Å². The zero-order valence-electron chi connectivity index (χ0n) is 7.29. The Hall–Kier alpha value is -0.120. The Morgan fingerprint density at radius 2 is 1.91 bits per heavy atom. The van der Waals surface area contributed by atoms with E-state index in [1.807, 2.05) is 0 Å². The average molecular weight is 162 g/mol. The summed E-state index contributed by atoms with van der Waals surface area (Å²) in [5.41, 5.74) is 0. The number of unbranched alkanes of at least 4 members (excludes halogenated alkanes) is 2. The molecule has 0 aromatic heterocycles. The van der Waals surface area contributed by atoms with Gasteiger partial charge >= 0.3 is 0 Å². The molecule has 0 bridgehead atoms. The van der Waals surface area contributed by atoms with Gasteiger partial charge in [-0.2, -0.15) is 0 Å². The van der Waals surface area contributed by atoms with Crippen LogP contribution in [-0.2, 0) is 4.74 Å². The first-order valence-corrected chi connectivity index (χ1v) is 4.16. The van der Waals surface area contributed by atoms with Crippen LogP contribution in [0.2, 0.25) is 0 Å². The van der Waals surface area contributed by atoms with Gasteiger partial charge in [-0.15, -0.1) is 0 Å². The maximum atomic E-state index is 8.61. The number of aliphatic hydroxyl groups excluding tert-OH is 1. The molecule has 0 radical (unpaired) electrons. The van der Waals surface area contributed by atoms with E-state index >= 15 is 0 Å². The van der Waals surface area contributed by atoms with Crippen LogP contribution in [0.3, 0.4) is 0 Å². The first-order valence-electron chi connectivity index (χ1n) is 4.16. The second kappa shape index (κ2) is 6.58. The minimum Gasteiger partial charge on any atom is -0.373 e. The molecule has 3 nitrogen and oxygen atoms in total. The van der Waals surface area contributed by atoms with Crippen molar-refractivity contribution in [2.24, 2.45) is 0 Å². The smallest absolute Gasteiger partial charge is 0.178 e. The van der Waals surface area contributed by atoms with E-state index in [0.29, 0.717) is 6.61 Å². The summed E-state index contributed by atoms with van der Waals surface area (Å²) in [5.74, 6) is 0. The summed E-state index contributed by atoms with van der Waals surface area (Å²) in [6.45, 7) is 4.38. The molecule has 3 heteroatoms. The molecule has 0 fully saturated rings. The molecule has 1 unspecified atom stereocenters. The zero-order chi connectivity index (χ0) is 8.69. The van der Waals surface area contributed by atoms with Gasteiger partial charge in [0.25, 0.3) is 0 Å². The highest BCUT2D eigenvalue weighted by Crippen LogP contribution is 1.99. The summed E-state index contributed by atoms with van der Waals surface area (Å²) >= 11 is 0. The van der Waals surface area contributed by atoms with Crippen molar-refractivity contribution in [1.82, 2.24) is 0 Å². The van der Waals surface area contributed by atoms with Gasteiger partial charge in [0.05, 0.1) is 0 Å². The fourth-order valence-electron chi connectivity index (χ4n) is 0.707. The molecule has 0 aromatic carbocycles. The van der Waals surface area contributed by atoms with Crippen LogP contribution >= 0.6 is 0 Å². The van der Waals surface area contributed by atoms with Crippen molar-refractivity contribution in [3.63, 3.8) is 0 Å². The van der Waals surface area contributed by atoms with Crippen molar-refractivity contribution in [2.45, 2.75) is 45.5 Å². The van der Waals surface area contributed by atoms with E-state index in [2.05, 4.69) is 6.92 Å². The maximum Gasteiger partial charge on any atom is 0.178 e. The van der Waals surface area contributed by atoms with Gasteiger partial charge in [-0.1, -0.05) is 19.8 Å². The molecule has 0 aliphatic heterocycles. The van der Waals surface area contributed by atoms with E-state index < -0.39 is 12.4 Å². The lowest BCUT2D eigenvalue weighted by Crippen LogP contribution is -2.25. The largest absolute Gasteiger partial charge is 0.373 e. The molecule has 0 amide bonds. The van der Waals surface area contributed by atoms with Gasteiger partial charge in [0.2, 0.25) is 0 Å². The predicted molar refractivity (Wildman–Crippen MR) is 43.2 cm³/mol. The van der Waals surface area contributed by atoms with Gasteiger partial charge in [0.15, 0.2) is 6.29 Å². The Labute approximate surface area is 68.0 Å². The molecule has 0 rings (SSSR count). The quantitative estimate of drug-likeness (QED) is 0.450. The Kier molecular flexibility index (Phi) is 6.51. The minimum atomic E-state index is -1.35. The zero-order valence-corrected chi connectivity index (χ0v) is 7.29. The first kappa shape index (κ1) is 10.9. The highest BCUT2D eigenvalue weighted by molar-refractivity contribution is 4.49. The summed E-state index contributed by atoms with van der Waals surface area (Å²) in [6.07, 6.45) is 1.46. The second-order valence-electron chi connectivity index (χ2n) is 2.70. The molecular weight excluding hydrogens is 144 g/mol. The van der Waals surface area contributed by atoms with Crippen LogP contribution < -0.4 is 0 Å². The second-order valence-corrected chi connectivity index (χ2v) is 2.70. The molecule has 0 heterocycles. The summed E-state index contributed by atoms with van der Waals surface area (Å²) in [4.78, 5) is 0. The van der Waals surface area contributed by atoms with Crippen LogP contribution in [0.1, 0.15) is 33.1 Å². The van der Waals surface area contributed by atoms with Crippen LogP contribution in [0.5, 0.6) is 0 Å². The predicted octanol–water partition coefficient (Wildman–Crippen LogP) is 0.892. The molecule has 0 saturated heterocycles. The summed E-state index contributed by atoms with van der Waals surface area (Å²) in [7, 11) is 0. The minimum absolute atomic E-state index is 0.466. The van der Waals surface area contributed by atoms with E-state index in [0.717, 1.165) is 19.3 Å². The van der Waals surface area contributed by atoms with Gasteiger partial charge in [0, 0.05) is 6.61 Å². The number of aliphatic hydroxyl groups is 2. The Bertz CT molecular complexity index is 83.4. The summed E-state index contributed by atoms with van der Waals surface area (Å²) in [5, 5.41) is 17.2. The van der Waals surface area contributed by atoms with Crippen molar-refractivity contribution in [2.75, 3.05) is 6.61 Å². The standard InChI is InChI=1S/C8H18O3/c1-3-4-5-6-11-7(2)8(9)10/h7-10H,3-6H2,1-2H3. The number of rotatable bonds is 6. The molecule has 68 valence electrons. The maximum absolute atomic E-state index is 8.61. The monoisotopic (exact) mass is 162 g/mol. The third-order valence-corrected chi connectivity index (χ3v) is 1.55. The van der Waals surface area contributed by atoms with E-state index in [4.69, 9.17) is 14.9 Å². The normalized spacial score (nSPS) is 13.9. The van der Waals surface area contributed by atoms with Crippen molar-refractivity contribution < 1.29 is 14.9 Å². The van der Waals surface area contributed by atoms with Gasteiger partial charge in [-0.25, -0.2) is 0 Å². The molecule has 2 N–H and O–H groups in total. The number of ether oxygens (including phenoxy) is 1. The third kappa shape index (κ3) is 6.28. The molecule has 0 aromatic rings. The summed E-state index contributed by atoms with van der Waals surface area (Å²) in [6, 6.07) is 0. The van der Waals surface area contributed by atoms with E-state index in [1.54, 1.807) is 6.92 Å². The van der Waals surface area contributed by atoms with Crippen molar-refractivity contribution in [1.29, 1.82) is 0 Å². The molecule has 0 aliphatic carbocycles. The topological polar surface area (TPSA) is 49.7 Å². The Morgan fingerprint density at radius 1 is 1.27 bits per heavy atom. The molecule has 1 atom stereocenters. The number of hydrogen-bond donors (Lipinski definition) is 2. The van der Waals surface area contributed by atoms with Crippen LogP contribution in [0.25, 0.3) is 0 Å². The molecule has 11 heavy (non-hydrogen) atoms. The van der Waals surface area contributed by atoms with E-state index in [1.165, 1.54) is 0 Å². The molecule has 0 spiro atoms. The first-order chi connectivity index (χ1) is 5.18. The average Bonchev–Trinajstić information content (AvgIpc) is 1.97. The Balaban J connectivity index is 3.10. The SMILES string of the molecule is CCCCCOC(C)C(O)O. The molecule has 0 aliphatic rings. The van der Waals surface area contributed by atoms with Crippen molar-refractivity contribution in [3.05, 3.63) is 0 Å². The third-order valence-electron chi connectivity index (χ3n) is 1.55. The molecule has 0 saturated carbocycles. The lowest BCUT2D eigenvalue weighted by molar-refractivity contribution is -0.138. The van der Waals surface area contributed by atoms with Crippen molar-refractivity contribution in [3.8, 4) is 0 Å². The highest BCUT2D eigenvalue weighted by atomic mass is 16.5. The summed E-state index contributed by atoms with van der Waals surface area (Å²) < 4.78 is 5.11. The Morgan fingerprint density at radius 3 is 2.36 bits per heavy atom. The van der Waals surface area contributed by atoms with Crippen LogP contribution in [0.15, 0.2) is 0 Å². The van der Waals surface area contributed by atoms with Crippen LogP contribution in [0, 0.1) is 0 Å². The highest BCUT2D eigenvalue weighted by Gasteiger charge is 2.09. The van der Waals surface area contributed by atoms with E-state index in [-0.39, 0.29) is 0 Å². The fraction of sp³-hybridized carbons (Fsp3) is 1.00. The van der Waals surface area contributed by atoms with Gasteiger partial charge < -0.3 is 14.9 Å². The van der Waals surface area contributed by atoms with E-state index in [9.17, 15) is 0 Å². The van der Waals surface area contributed by atoms with Crippen molar-refractivity contribution >= 4 is 0 Å². The lowest BCUT2D eigenvalue weighted by atomic mass is 10.3. The molecular formula is C8H18O3. The van der Waals surface area contributed by atoms with Crippen LogP contribution in [0.4, 0.5) is 0 Å². The van der Waals surface area contributed by atoms with Crippen LogP contribution in [-0.4, -0.2) is 29.2 Å². The number of hydrogen-bond acceptors (Lipinski definition) is 3. The lowest BCUT2D eigenvalue weighted by Gasteiger charge is -2.13. The van der Waals surface area contributed by atoms with Gasteiger partial charge in [-0.05, 0) is 13.3 Å². The fourth-order valence-corrected chi connectivity index (χ4v) is 0.707. The van der Waals surface area contributed by atoms with Gasteiger partial charge in [0.1, 0.15) is 6.10 Å².